The molecule has 0 atom stereocenters. The summed E-state index contributed by atoms with van der Waals surface area (Å²) in [7, 11) is 0. The fourth-order valence-electron chi connectivity index (χ4n) is 1.99. The van der Waals surface area contributed by atoms with Crippen LogP contribution in [0.4, 0.5) is 5.95 Å². The van der Waals surface area contributed by atoms with Gasteiger partial charge in [-0.15, -0.1) is 5.10 Å². The molecule has 0 saturated heterocycles. The second-order valence-electron chi connectivity index (χ2n) is 4.49. The maximum absolute atomic E-state index is 5.58. The number of pyridine rings is 1. The van der Waals surface area contributed by atoms with Gasteiger partial charge in [0, 0.05) is 11.8 Å². The van der Waals surface area contributed by atoms with Crippen LogP contribution >= 0.6 is 0 Å². The van der Waals surface area contributed by atoms with E-state index in [2.05, 4.69) is 42.1 Å². The van der Waals surface area contributed by atoms with Gasteiger partial charge in [0.25, 0.3) is 0 Å². The van der Waals surface area contributed by atoms with E-state index in [0.29, 0.717) is 5.95 Å². The van der Waals surface area contributed by atoms with E-state index in [9.17, 15) is 0 Å². The first-order valence-electron chi connectivity index (χ1n) is 5.83. The molecule has 4 heteroatoms. The average Bonchev–Trinajstić information content (AvgIpc) is 2.71. The first-order valence-corrected chi connectivity index (χ1v) is 5.83. The van der Waals surface area contributed by atoms with E-state index in [0.717, 1.165) is 11.2 Å². The van der Waals surface area contributed by atoms with Gasteiger partial charge in [0.05, 0.1) is 0 Å². The number of aromatic nitrogens is 3. The number of aryl methyl sites for hydroxylation is 2. The summed E-state index contributed by atoms with van der Waals surface area (Å²) in [5.41, 5.74) is 11.2. The molecule has 0 spiro atoms. The number of hydrogen-bond donors (Lipinski definition) is 1. The molecule has 4 nitrogen and oxygen atoms in total. The standard InChI is InChI=1S/C14H14N4/c1-9-3-4-11(7-10(9)2)12-5-6-13-16-14(15)17-18(13)8-12/h3-8H,1-2H3,(H2,15,17). The Balaban J connectivity index is 2.15. The van der Waals surface area contributed by atoms with Crippen molar-refractivity contribution >= 4 is 11.6 Å². The minimum absolute atomic E-state index is 0.298. The van der Waals surface area contributed by atoms with E-state index in [1.807, 2.05) is 18.3 Å². The summed E-state index contributed by atoms with van der Waals surface area (Å²) in [5, 5.41) is 4.12. The highest BCUT2D eigenvalue weighted by atomic mass is 15.3. The zero-order chi connectivity index (χ0) is 12.7. The second-order valence-corrected chi connectivity index (χ2v) is 4.49. The van der Waals surface area contributed by atoms with Gasteiger partial charge in [-0.3, -0.25) is 0 Å². The zero-order valence-electron chi connectivity index (χ0n) is 10.4. The number of hydrogen-bond acceptors (Lipinski definition) is 3. The molecule has 0 fully saturated rings. The van der Waals surface area contributed by atoms with E-state index in [-0.39, 0.29) is 0 Å². The monoisotopic (exact) mass is 238 g/mol. The Morgan fingerprint density at radius 3 is 2.56 bits per heavy atom. The Labute approximate surface area is 105 Å². The summed E-state index contributed by atoms with van der Waals surface area (Å²) in [6.45, 7) is 4.23. The van der Waals surface area contributed by atoms with Crippen molar-refractivity contribution in [2.75, 3.05) is 5.73 Å². The quantitative estimate of drug-likeness (QED) is 0.709. The lowest BCUT2D eigenvalue weighted by Crippen LogP contribution is -1.91. The predicted molar refractivity (Wildman–Crippen MR) is 72.3 cm³/mol. The van der Waals surface area contributed by atoms with Crippen LogP contribution in [0.1, 0.15) is 11.1 Å². The molecule has 3 rings (SSSR count). The molecular weight excluding hydrogens is 224 g/mol. The Kier molecular flexibility index (Phi) is 2.30. The van der Waals surface area contributed by atoms with Gasteiger partial charge in [0.2, 0.25) is 5.95 Å². The lowest BCUT2D eigenvalue weighted by molar-refractivity contribution is 0.969. The molecule has 0 aliphatic rings. The molecule has 2 aromatic heterocycles. The number of nitrogen functional groups attached to an aromatic ring is 1. The van der Waals surface area contributed by atoms with E-state index in [4.69, 9.17) is 5.73 Å². The van der Waals surface area contributed by atoms with Gasteiger partial charge < -0.3 is 5.73 Å². The number of nitrogens with zero attached hydrogens (tertiary/aromatic N) is 3. The largest absolute Gasteiger partial charge is 0.366 e. The molecule has 2 heterocycles. The van der Waals surface area contributed by atoms with E-state index in [1.165, 1.54) is 16.7 Å². The van der Waals surface area contributed by atoms with Crippen molar-refractivity contribution in [1.29, 1.82) is 0 Å². The summed E-state index contributed by atoms with van der Waals surface area (Å²) in [6, 6.07) is 10.4. The minimum atomic E-state index is 0.298. The molecule has 0 saturated carbocycles. The molecule has 0 aliphatic carbocycles. The summed E-state index contributed by atoms with van der Waals surface area (Å²) in [6.07, 6.45) is 1.95. The molecule has 1 aromatic carbocycles. The summed E-state index contributed by atoms with van der Waals surface area (Å²) in [4.78, 5) is 4.11. The first-order chi connectivity index (χ1) is 8.63. The Bertz CT molecular complexity index is 728. The van der Waals surface area contributed by atoms with Crippen molar-refractivity contribution in [3.63, 3.8) is 0 Å². The third-order valence-electron chi connectivity index (χ3n) is 3.19. The first kappa shape index (κ1) is 10.8. The van der Waals surface area contributed by atoms with Crippen molar-refractivity contribution in [1.82, 2.24) is 14.6 Å². The minimum Gasteiger partial charge on any atom is -0.366 e. The molecular formula is C14H14N4. The fraction of sp³-hybridized carbons (Fsp3) is 0.143. The molecule has 18 heavy (non-hydrogen) atoms. The lowest BCUT2D eigenvalue weighted by Gasteiger charge is -2.05. The normalized spacial score (nSPS) is 11.0. The fourth-order valence-corrected chi connectivity index (χ4v) is 1.99. The van der Waals surface area contributed by atoms with Crippen LogP contribution in [0.15, 0.2) is 36.5 Å². The van der Waals surface area contributed by atoms with Crippen molar-refractivity contribution in [2.24, 2.45) is 0 Å². The van der Waals surface area contributed by atoms with Gasteiger partial charge in [-0.1, -0.05) is 18.2 Å². The van der Waals surface area contributed by atoms with Gasteiger partial charge in [-0.2, -0.15) is 4.98 Å². The molecule has 0 bridgehead atoms. The van der Waals surface area contributed by atoms with Crippen LogP contribution in [-0.4, -0.2) is 14.6 Å². The van der Waals surface area contributed by atoms with Crippen molar-refractivity contribution in [3.8, 4) is 11.1 Å². The summed E-state index contributed by atoms with van der Waals surface area (Å²) < 4.78 is 1.71. The number of fused-ring (bicyclic) bond motifs is 1. The zero-order valence-corrected chi connectivity index (χ0v) is 10.4. The van der Waals surface area contributed by atoms with Crippen LogP contribution in [0.25, 0.3) is 16.8 Å². The molecule has 3 aromatic rings. The smallest absolute Gasteiger partial charge is 0.240 e. The van der Waals surface area contributed by atoms with Crippen molar-refractivity contribution < 1.29 is 0 Å². The molecule has 0 aliphatic heterocycles. The van der Waals surface area contributed by atoms with Crippen LogP contribution in [0.2, 0.25) is 0 Å². The van der Waals surface area contributed by atoms with Crippen LogP contribution in [0, 0.1) is 13.8 Å². The van der Waals surface area contributed by atoms with Crippen LogP contribution < -0.4 is 5.73 Å². The third kappa shape index (κ3) is 1.72. The number of rotatable bonds is 1. The Hall–Kier alpha value is -2.36. The van der Waals surface area contributed by atoms with Crippen molar-refractivity contribution in [2.45, 2.75) is 13.8 Å². The second kappa shape index (κ2) is 3.84. The number of nitrogens with two attached hydrogens (primary N) is 1. The van der Waals surface area contributed by atoms with Gasteiger partial charge in [0.1, 0.15) is 0 Å². The van der Waals surface area contributed by atoms with Gasteiger partial charge in [0.15, 0.2) is 5.65 Å². The highest BCUT2D eigenvalue weighted by Gasteiger charge is 2.04. The highest BCUT2D eigenvalue weighted by molar-refractivity contribution is 5.66. The van der Waals surface area contributed by atoms with Gasteiger partial charge in [-0.25, -0.2) is 4.52 Å². The Morgan fingerprint density at radius 2 is 1.78 bits per heavy atom. The van der Waals surface area contributed by atoms with Crippen LogP contribution in [0.3, 0.4) is 0 Å². The summed E-state index contributed by atoms with van der Waals surface area (Å²) in [5.74, 6) is 0.298. The van der Waals surface area contributed by atoms with Crippen LogP contribution in [-0.2, 0) is 0 Å². The topological polar surface area (TPSA) is 56.2 Å². The average molecular weight is 238 g/mol. The highest BCUT2D eigenvalue weighted by Crippen LogP contribution is 2.22. The maximum atomic E-state index is 5.58. The summed E-state index contributed by atoms with van der Waals surface area (Å²) >= 11 is 0. The molecule has 0 radical (unpaired) electrons. The van der Waals surface area contributed by atoms with Crippen LogP contribution in [0.5, 0.6) is 0 Å². The number of benzene rings is 1. The SMILES string of the molecule is Cc1ccc(-c2ccc3nc(N)nn3c2)cc1C. The van der Waals surface area contributed by atoms with E-state index in [1.54, 1.807) is 4.52 Å². The Morgan fingerprint density at radius 1 is 1.00 bits per heavy atom. The predicted octanol–water partition coefficient (Wildman–Crippen LogP) is 2.60. The van der Waals surface area contributed by atoms with E-state index >= 15 is 0 Å². The molecule has 2 N–H and O–H groups in total. The van der Waals surface area contributed by atoms with Gasteiger partial charge in [-0.05, 0) is 42.7 Å². The molecule has 90 valence electrons. The van der Waals surface area contributed by atoms with Gasteiger partial charge >= 0.3 is 0 Å². The third-order valence-corrected chi connectivity index (χ3v) is 3.19. The van der Waals surface area contributed by atoms with E-state index < -0.39 is 0 Å². The molecule has 0 unspecified atom stereocenters. The lowest BCUT2D eigenvalue weighted by atomic mass is 10.0. The number of anilines is 1. The van der Waals surface area contributed by atoms with Crippen molar-refractivity contribution in [3.05, 3.63) is 47.7 Å². The molecule has 0 amide bonds. The maximum Gasteiger partial charge on any atom is 0.240 e.